The zero-order valence-corrected chi connectivity index (χ0v) is 17.2. The summed E-state index contributed by atoms with van der Waals surface area (Å²) >= 11 is 6.14. The first-order chi connectivity index (χ1) is 15.4. The number of hydrogen-bond donors (Lipinski definition) is 1. The third kappa shape index (κ3) is 3.73. The lowest BCUT2D eigenvalue weighted by molar-refractivity contribution is -0.137. The van der Waals surface area contributed by atoms with E-state index in [4.69, 9.17) is 16.6 Å². The molecule has 1 N–H and O–H groups in total. The monoisotopic (exact) mass is 453 g/mol. The summed E-state index contributed by atoms with van der Waals surface area (Å²) in [6.07, 6.45) is -4.36. The molecule has 5 rings (SSSR count). The number of halogens is 4. The van der Waals surface area contributed by atoms with Gasteiger partial charge >= 0.3 is 6.18 Å². The quantitative estimate of drug-likeness (QED) is 0.350. The molecule has 0 bridgehead atoms. The Morgan fingerprint density at radius 3 is 2.47 bits per heavy atom. The number of rotatable bonds is 4. The maximum Gasteiger partial charge on any atom is 0.416 e. The minimum absolute atomic E-state index is 0.305. The summed E-state index contributed by atoms with van der Waals surface area (Å²) < 4.78 is 40.1. The third-order valence-electron chi connectivity index (χ3n) is 5.09. The van der Waals surface area contributed by atoms with E-state index in [9.17, 15) is 13.2 Å². The second-order valence-electron chi connectivity index (χ2n) is 7.21. The Morgan fingerprint density at radius 1 is 0.938 bits per heavy atom. The van der Waals surface area contributed by atoms with Gasteiger partial charge in [-0.3, -0.25) is 0 Å². The highest BCUT2D eigenvalue weighted by Gasteiger charge is 2.29. The summed E-state index contributed by atoms with van der Waals surface area (Å²) in [6.45, 7) is 0.305. The SMILES string of the molecule is FC(F)(F)c1ccc(CNc2nc3c(-c4cccc(Cl)c4)nnn3c3ccccc23)cc1. The highest BCUT2D eigenvalue weighted by atomic mass is 35.5. The molecule has 0 unspecified atom stereocenters. The molecule has 3 aromatic carbocycles. The number of anilines is 1. The van der Waals surface area contributed by atoms with Gasteiger partial charge in [0.15, 0.2) is 5.65 Å². The molecule has 2 aromatic heterocycles. The van der Waals surface area contributed by atoms with Crippen LogP contribution < -0.4 is 5.32 Å². The molecule has 9 heteroatoms. The van der Waals surface area contributed by atoms with Gasteiger partial charge in [-0.2, -0.15) is 17.7 Å². The molecule has 5 aromatic rings. The van der Waals surface area contributed by atoms with Crippen molar-refractivity contribution in [1.29, 1.82) is 0 Å². The number of nitrogens with one attached hydrogen (secondary N) is 1. The van der Waals surface area contributed by atoms with E-state index in [1.54, 1.807) is 16.6 Å². The van der Waals surface area contributed by atoms with E-state index in [1.807, 2.05) is 36.4 Å². The molecule has 0 aliphatic rings. The van der Waals surface area contributed by atoms with Crippen molar-refractivity contribution in [2.45, 2.75) is 12.7 Å². The molecule has 0 radical (unpaired) electrons. The highest BCUT2D eigenvalue weighted by Crippen LogP contribution is 2.31. The Kier molecular flexibility index (Phi) is 4.94. The number of benzene rings is 3. The minimum Gasteiger partial charge on any atom is -0.365 e. The smallest absolute Gasteiger partial charge is 0.365 e. The van der Waals surface area contributed by atoms with Crippen LogP contribution in [0, 0.1) is 0 Å². The van der Waals surface area contributed by atoms with Crippen molar-refractivity contribution in [3.05, 3.63) is 88.9 Å². The molecule has 32 heavy (non-hydrogen) atoms. The van der Waals surface area contributed by atoms with Crippen LogP contribution in [0.5, 0.6) is 0 Å². The molecular weight excluding hydrogens is 439 g/mol. The lowest BCUT2D eigenvalue weighted by atomic mass is 10.1. The van der Waals surface area contributed by atoms with Crippen LogP contribution in [0.4, 0.5) is 19.0 Å². The lowest BCUT2D eigenvalue weighted by Crippen LogP contribution is -2.07. The molecule has 0 spiro atoms. The summed E-state index contributed by atoms with van der Waals surface area (Å²) in [7, 11) is 0. The number of hydrogen-bond acceptors (Lipinski definition) is 4. The van der Waals surface area contributed by atoms with Crippen molar-refractivity contribution in [1.82, 2.24) is 19.8 Å². The van der Waals surface area contributed by atoms with E-state index in [0.717, 1.165) is 28.6 Å². The van der Waals surface area contributed by atoms with Crippen molar-refractivity contribution < 1.29 is 13.2 Å². The lowest BCUT2D eigenvalue weighted by Gasteiger charge is -2.11. The molecule has 0 saturated carbocycles. The number of aromatic nitrogens is 4. The second-order valence-corrected chi connectivity index (χ2v) is 7.65. The van der Waals surface area contributed by atoms with Gasteiger partial charge in [-0.05, 0) is 42.0 Å². The van der Waals surface area contributed by atoms with Gasteiger partial charge in [0.1, 0.15) is 11.5 Å². The van der Waals surface area contributed by atoms with Gasteiger partial charge in [0.25, 0.3) is 0 Å². The Bertz CT molecular complexity index is 1430. The topological polar surface area (TPSA) is 55.1 Å². The second kappa shape index (κ2) is 7.80. The van der Waals surface area contributed by atoms with Crippen LogP contribution in [0.3, 0.4) is 0 Å². The molecule has 0 atom stereocenters. The first-order valence-electron chi connectivity index (χ1n) is 9.70. The average molecular weight is 454 g/mol. The highest BCUT2D eigenvalue weighted by molar-refractivity contribution is 6.30. The van der Waals surface area contributed by atoms with E-state index >= 15 is 0 Å². The molecule has 0 amide bonds. The van der Waals surface area contributed by atoms with Crippen LogP contribution in [0.15, 0.2) is 72.8 Å². The summed E-state index contributed by atoms with van der Waals surface area (Å²) in [5.41, 5.74) is 2.72. The maximum atomic E-state index is 12.8. The van der Waals surface area contributed by atoms with Gasteiger partial charge in [-0.15, -0.1) is 5.10 Å². The first-order valence-corrected chi connectivity index (χ1v) is 10.1. The molecule has 0 aliphatic carbocycles. The summed E-state index contributed by atoms with van der Waals surface area (Å²) in [5, 5.41) is 13.2. The van der Waals surface area contributed by atoms with Crippen LogP contribution in [0.25, 0.3) is 27.8 Å². The molecule has 0 aliphatic heterocycles. The largest absolute Gasteiger partial charge is 0.416 e. The fourth-order valence-corrected chi connectivity index (χ4v) is 3.71. The normalized spacial score (nSPS) is 11.9. The van der Waals surface area contributed by atoms with E-state index in [-0.39, 0.29) is 0 Å². The van der Waals surface area contributed by atoms with Gasteiger partial charge < -0.3 is 5.32 Å². The van der Waals surface area contributed by atoms with E-state index < -0.39 is 11.7 Å². The summed E-state index contributed by atoms with van der Waals surface area (Å²) in [5.74, 6) is 0.582. The molecule has 160 valence electrons. The zero-order valence-electron chi connectivity index (χ0n) is 16.4. The van der Waals surface area contributed by atoms with Crippen molar-refractivity contribution in [2.24, 2.45) is 0 Å². The molecule has 0 fully saturated rings. The summed E-state index contributed by atoms with van der Waals surface area (Å²) in [6, 6.07) is 19.9. The van der Waals surface area contributed by atoms with Gasteiger partial charge in [0.05, 0.1) is 11.1 Å². The fourth-order valence-electron chi connectivity index (χ4n) is 3.52. The molecule has 0 saturated heterocycles. The van der Waals surface area contributed by atoms with Crippen LogP contribution in [0.2, 0.25) is 5.02 Å². The van der Waals surface area contributed by atoms with Gasteiger partial charge in [-0.25, -0.2) is 4.98 Å². The predicted molar refractivity (Wildman–Crippen MR) is 118 cm³/mol. The van der Waals surface area contributed by atoms with E-state index in [1.165, 1.54) is 12.1 Å². The standard InChI is InChI=1S/C23H15ClF3N5/c24-17-5-3-4-15(12-17)20-22-29-21(18-6-1-2-7-19(18)32(22)31-30-20)28-13-14-8-10-16(11-9-14)23(25,26)27/h1-12H,13H2,(H,28,29). The number of nitrogens with zero attached hydrogens (tertiary/aromatic N) is 4. The Hall–Kier alpha value is -3.65. The fraction of sp³-hybridized carbons (Fsp3) is 0.0870. The van der Waals surface area contributed by atoms with Crippen LogP contribution in [-0.2, 0) is 12.7 Å². The van der Waals surface area contributed by atoms with Crippen LogP contribution in [-0.4, -0.2) is 19.8 Å². The molecular formula is C23H15ClF3N5. The first kappa shape index (κ1) is 20.3. The van der Waals surface area contributed by atoms with Crippen molar-refractivity contribution >= 4 is 34.0 Å². The van der Waals surface area contributed by atoms with Crippen molar-refractivity contribution in [2.75, 3.05) is 5.32 Å². The maximum absolute atomic E-state index is 12.8. The summed E-state index contributed by atoms with van der Waals surface area (Å²) in [4.78, 5) is 4.75. The number of alkyl halides is 3. The number of fused-ring (bicyclic) bond motifs is 3. The Morgan fingerprint density at radius 2 is 1.72 bits per heavy atom. The van der Waals surface area contributed by atoms with Crippen molar-refractivity contribution in [3.8, 4) is 11.3 Å². The van der Waals surface area contributed by atoms with Gasteiger partial charge in [-0.1, -0.05) is 53.2 Å². The Balaban J connectivity index is 1.55. The van der Waals surface area contributed by atoms with Crippen LogP contribution in [0.1, 0.15) is 11.1 Å². The zero-order chi connectivity index (χ0) is 22.3. The third-order valence-corrected chi connectivity index (χ3v) is 5.33. The van der Waals surface area contributed by atoms with Gasteiger partial charge in [0.2, 0.25) is 0 Å². The Labute approximate surface area is 185 Å². The predicted octanol–water partition coefficient (Wildman–Crippen LogP) is 6.23. The molecule has 2 heterocycles. The number of para-hydroxylation sites is 1. The van der Waals surface area contributed by atoms with Crippen molar-refractivity contribution in [3.63, 3.8) is 0 Å². The van der Waals surface area contributed by atoms with E-state index in [2.05, 4.69) is 15.6 Å². The van der Waals surface area contributed by atoms with Gasteiger partial charge in [0, 0.05) is 22.5 Å². The average Bonchev–Trinajstić information content (AvgIpc) is 3.21. The van der Waals surface area contributed by atoms with Crippen LogP contribution >= 0.6 is 11.6 Å². The van der Waals surface area contributed by atoms with E-state index in [0.29, 0.717) is 34.3 Å². The minimum atomic E-state index is -4.36. The molecule has 5 nitrogen and oxygen atoms in total.